The Kier molecular flexibility index (Phi) is 6.90. The molecule has 1 aliphatic rings. The molecule has 0 heterocycles. The molecule has 0 bridgehead atoms. The molecule has 2 N–H and O–H groups in total. The smallest absolute Gasteiger partial charge is 0.191 e. The summed E-state index contributed by atoms with van der Waals surface area (Å²) >= 11 is 1.97. The Morgan fingerprint density at radius 3 is 2.86 bits per heavy atom. The Hall–Kier alpha value is -1.36. The lowest BCUT2D eigenvalue weighted by molar-refractivity contribution is 0.336. The number of hydrogen-bond acceptors (Lipinski definition) is 3. The largest absolute Gasteiger partial charge is 0.494 e. The number of rotatable bonds is 6. The van der Waals surface area contributed by atoms with E-state index in [4.69, 9.17) is 4.74 Å². The van der Waals surface area contributed by atoms with E-state index in [1.54, 1.807) is 0 Å². The van der Waals surface area contributed by atoms with E-state index in [9.17, 15) is 0 Å². The van der Waals surface area contributed by atoms with E-state index in [0.717, 1.165) is 22.5 Å². The quantitative estimate of drug-likeness (QED) is 0.624. The van der Waals surface area contributed by atoms with E-state index < -0.39 is 0 Å². The predicted octanol–water partition coefficient (Wildman–Crippen LogP) is 3.03. The molecule has 0 amide bonds. The van der Waals surface area contributed by atoms with Crippen molar-refractivity contribution in [3.63, 3.8) is 0 Å². The van der Waals surface area contributed by atoms with Crippen molar-refractivity contribution in [3.05, 3.63) is 29.8 Å². The molecule has 1 aromatic carbocycles. The maximum Gasteiger partial charge on any atom is 0.191 e. The van der Waals surface area contributed by atoms with Crippen molar-refractivity contribution in [1.82, 2.24) is 10.6 Å². The highest BCUT2D eigenvalue weighted by atomic mass is 32.2. The van der Waals surface area contributed by atoms with Crippen LogP contribution >= 0.6 is 11.8 Å². The molecule has 4 nitrogen and oxygen atoms in total. The van der Waals surface area contributed by atoms with Gasteiger partial charge >= 0.3 is 0 Å². The van der Waals surface area contributed by atoms with Gasteiger partial charge in [0.05, 0.1) is 6.61 Å². The minimum Gasteiger partial charge on any atom is -0.494 e. The zero-order chi connectivity index (χ0) is 15.8. The molecule has 1 fully saturated rings. The second-order valence-electron chi connectivity index (χ2n) is 5.48. The number of nitrogens with zero attached hydrogens (tertiary/aromatic N) is 1. The lowest BCUT2D eigenvalue weighted by atomic mass is 10.2. The summed E-state index contributed by atoms with van der Waals surface area (Å²) in [5.74, 6) is 1.81. The zero-order valence-corrected chi connectivity index (χ0v) is 14.6. The number of ether oxygens (including phenoxy) is 1. The number of benzene rings is 1. The molecule has 5 heteroatoms. The standard InChI is InChI=1S/C17H27N3OS/c1-4-21-16-8-6-5-7-13(16)12-19-17(18-2)20-14-9-10-15(11-14)22-3/h5-8,14-15H,4,9-12H2,1-3H3,(H2,18,19,20). The average molecular weight is 321 g/mol. The first-order chi connectivity index (χ1) is 10.8. The number of guanidine groups is 1. The van der Waals surface area contributed by atoms with Crippen LogP contribution in [0, 0.1) is 0 Å². The molecule has 1 aliphatic carbocycles. The summed E-state index contributed by atoms with van der Waals surface area (Å²) < 4.78 is 5.66. The van der Waals surface area contributed by atoms with Crippen LogP contribution in [-0.4, -0.2) is 37.2 Å². The normalized spacial score (nSPS) is 21.7. The van der Waals surface area contributed by atoms with Gasteiger partial charge in [-0.3, -0.25) is 4.99 Å². The number of hydrogen-bond donors (Lipinski definition) is 2. The fraction of sp³-hybridized carbons (Fsp3) is 0.588. The van der Waals surface area contributed by atoms with Crippen LogP contribution in [0.4, 0.5) is 0 Å². The highest BCUT2D eigenvalue weighted by molar-refractivity contribution is 7.99. The zero-order valence-electron chi connectivity index (χ0n) is 13.8. The third kappa shape index (κ3) is 4.83. The SMILES string of the molecule is CCOc1ccccc1CNC(=NC)NC1CCC(SC)C1. The van der Waals surface area contributed by atoms with Gasteiger partial charge < -0.3 is 15.4 Å². The van der Waals surface area contributed by atoms with Gasteiger partial charge in [-0.25, -0.2) is 0 Å². The Labute approximate surface area is 138 Å². The van der Waals surface area contributed by atoms with Gasteiger partial charge in [0.1, 0.15) is 5.75 Å². The lowest BCUT2D eigenvalue weighted by Crippen LogP contribution is -2.42. The van der Waals surface area contributed by atoms with E-state index in [0.29, 0.717) is 19.2 Å². The molecule has 0 saturated heterocycles. The highest BCUT2D eigenvalue weighted by Gasteiger charge is 2.24. The minimum absolute atomic E-state index is 0.533. The second kappa shape index (κ2) is 8.93. The maximum absolute atomic E-state index is 5.66. The first-order valence-corrected chi connectivity index (χ1v) is 9.26. The van der Waals surface area contributed by atoms with Crippen LogP contribution in [-0.2, 0) is 6.54 Å². The van der Waals surface area contributed by atoms with Crippen molar-refractivity contribution in [1.29, 1.82) is 0 Å². The predicted molar refractivity (Wildman–Crippen MR) is 95.9 cm³/mol. The van der Waals surface area contributed by atoms with E-state index in [1.165, 1.54) is 19.3 Å². The van der Waals surface area contributed by atoms with Crippen molar-refractivity contribution in [3.8, 4) is 5.75 Å². The van der Waals surface area contributed by atoms with Crippen molar-refractivity contribution >= 4 is 17.7 Å². The molecule has 0 aliphatic heterocycles. The highest BCUT2D eigenvalue weighted by Crippen LogP contribution is 2.28. The summed E-state index contributed by atoms with van der Waals surface area (Å²) in [4.78, 5) is 4.34. The Bertz CT molecular complexity index is 493. The molecule has 1 saturated carbocycles. The fourth-order valence-electron chi connectivity index (χ4n) is 2.80. The minimum atomic E-state index is 0.533. The molecule has 2 unspecified atom stereocenters. The summed E-state index contributed by atoms with van der Waals surface area (Å²) in [7, 11) is 1.82. The van der Waals surface area contributed by atoms with E-state index in [1.807, 2.05) is 43.9 Å². The molecule has 2 atom stereocenters. The van der Waals surface area contributed by atoms with E-state index in [-0.39, 0.29) is 0 Å². The molecule has 0 spiro atoms. The monoisotopic (exact) mass is 321 g/mol. The van der Waals surface area contributed by atoms with Gasteiger partial charge in [-0.05, 0) is 38.5 Å². The number of nitrogens with one attached hydrogen (secondary N) is 2. The van der Waals surface area contributed by atoms with Gasteiger partial charge in [0.2, 0.25) is 0 Å². The first kappa shape index (κ1) is 17.0. The van der Waals surface area contributed by atoms with Gasteiger partial charge in [-0.1, -0.05) is 18.2 Å². The molecule has 2 rings (SSSR count). The third-order valence-electron chi connectivity index (χ3n) is 4.00. The second-order valence-corrected chi connectivity index (χ2v) is 6.62. The summed E-state index contributed by atoms with van der Waals surface area (Å²) in [6.07, 6.45) is 5.94. The van der Waals surface area contributed by atoms with E-state index in [2.05, 4.69) is 27.9 Å². The van der Waals surface area contributed by atoms with Crippen LogP contribution < -0.4 is 15.4 Å². The van der Waals surface area contributed by atoms with Crippen LogP contribution in [0.1, 0.15) is 31.7 Å². The number of thioether (sulfide) groups is 1. The van der Waals surface area contributed by atoms with Gasteiger partial charge in [0, 0.05) is 30.4 Å². The summed E-state index contributed by atoms with van der Waals surface area (Å²) in [6.45, 7) is 3.41. The summed E-state index contributed by atoms with van der Waals surface area (Å²) in [5.41, 5.74) is 1.15. The Morgan fingerprint density at radius 2 is 2.18 bits per heavy atom. The van der Waals surface area contributed by atoms with Crippen LogP contribution in [0.25, 0.3) is 0 Å². The summed E-state index contributed by atoms with van der Waals surface area (Å²) in [5, 5.41) is 7.72. The van der Waals surface area contributed by atoms with Crippen LogP contribution in [0.5, 0.6) is 5.75 Å². The average Bonchev–Trinajstić information content (AvgIpc) is 3.00. The van der Waals surface area contributed by atoms with Crippen molar-refractivity contribution < 1.29 is 4.74 Å². The van der Waals surface area contributed by atoms with Gasteiger partial charge in [0.15, 0.2) is 5.96 Å². The Balaban J connectivity index is 1.87. The number of aliphatic imine (C=N–C) groups is 1. The van der Waals surface area contributed by atoms with Gasteiger partial charge in [0.25, 0.3) is 0 Å². The van der Waals surface area contributed by atoms with E-state index >= 15 is 0 Å². The molecular weight excluding hydrogens is 294 g/mol. The molecule has 22 heavy (non-hydrogen) atoms. The lowest BCUT2D eigenvalue weighted by Gasteiger charge is -2.18. The maximum atomic E-state index is 5.66. The Morgan fingerprint density at radius 1 is 1.36 bits per heavy atom. The molecule has 0 aromatic heterocycles. The topological polar surface area (TPSA) is 45.6 Å². The molecule has 0 radical (unpaired) electrons. The number of para-hydroxylation sites is 1. The van der Waals surface area contributed by atoms with Crippen molar-refractivity contribution in [2.45, 2.75) is 44.0 Å². The van der Waals surface area contributed by atoms with Crippen LogP contribution in [0.15, 0.2) is 29.3 Å². The molecule has 122 valence electrons. The van der Waals surface area contributed by atoms with Crippen molar-refractivity contribution in [2.24, 2.45) is 4.99 Å². The van der Waals surface area contributed by atoms with Crippen LogP contribution in [0.2, 0.25) is 0 Å². The van der Waals surface area contributed by atoms with Crippen LogP contribution in [0.3, 0.4) is 0 Å². The molecule has 1 aromatic rings. The summed E-state index contributed by atoms with van der Waals surface area (Å²) in [6, 6.07) is 8.67. The molecular formula is C17H27N3OS. The van der Waals surface area contributed by atoms with Gasteiger partial charge in [-0.2, -0.15) is 11.8 Å². The van der Waals surface area contributed by atoms with Gasteiger partial charge in [-0.15, -0.1) is 0 Å². The van der Waals surface area contributed by atoms with Crippen molar-refractivity contribution in [2.75, 3.05) is 19.9 Å². The fourth-order valence-corrected chi connectivity index (χ4v) is 3.59. The third-order valence-corrected chi connectivity index (χ3v) is 5.10. The first-order valence-electron chi connectivity index (χ1n) is 7.97.